The number of fused-ring (bicyclic) bond motifs is 1. The number of hydrogen-bond acceptors (Lipinski definition) is 3. The van der Waals surface area contributed by atoms with E-state index in [0.29, 0.717) is 35.1 Å². The van der Waals surface area contributed by atoms with Crippen LogP contribution in [0.4, 0.5) is 4.39 Å². The second kappa shape index (κ2) is 7.76. The van der Waals surface area contributed by atoms with Gasteiger partial charge in [0.25, 0.3) is 0 Å². The number of carbonyl (C=O) groups is 1. The molecule has 1 aromatic carbocycles. The Bertz CT molecular complexity index is 833. The van der Waals surface area contributed by atoms with Gasteiger partial charge in [0, 0.05) is 11.8 Å². The summed E-state index contributed by atoms with van der Waals surface area (Å²) in [5.41, 5.74) is 2.21. The summed E-state index contributed by atoms with van der Waals surface area (Å²) in [5.74, 6) is 4.72. The average Bonchev–Trinajstić information content (AvgIpc) is 2.59. The summed E-state index contributed by atoms with van der Waals surface area (Å²) >= 11 is 6.84. The summed E-state index contributed by atoms with van der Waals surface area (Å²) in [7, 11) is 0. The van der Waals surface area contributed by atoms with Crippen LogP contribution in [0.5, 0.6) is 5.75 Å². The van der Waals surface area contributed by atoms with Gasteiger partial charge in [0.05, 0.1) is 22.6 Å². The molecule has 1 aliphatic carbocycles. The van der Waals surface area contributed by atoms with Crippen LogP contribution in [0.25, 0.3) is 0 Å². The Morgan fingerprint density at radius 3 is 2.96 bits per heavy atom. The second-order valence-electron chi connectivity index (χ2n) is 5.90. The Labute approximate surface area is 162 Å². The van der Waals surface area contributed by atoms with E-state index in [1.807, 2.05) is 18.2 Å². The van der Waals surface area contributed by atoms with Crippen molar-refractivity contribution in [2.24, 2.45) is 5.92 Å². The van der Waals surface area contributed by atoms with E-state index in [1.165, 1.54) is 6.08 Å². The molecule has 2 unspecified atom stereocenters. The molecular formula is C19H15Br2FO3. The Morgan fingerprint density at radius 2 is 2.20 bits per heavy atom. The number of aliphatic hydroxyl groups excluding tert-OH is 1. The highest BCUT2D eigenvalue weighted by Gasteiger charge is 2.31. The minimum Gasteiger partial charge on any atom is -0.508 e. The topological polar surface area (TPSA) is 46.5 Å². The van der Waals surface area contributed by atoms with Gasteiger partial charge in [-0.2, -0.15) is 0 Å². The highest BCUT2D eigenvalue weighted by atomic mass is 79.9. The smallest absolute Gasteiger partial charge is 0.217 e. The van der Waals surface area contributed by atoms with E-state index in [0.717, 1.165) is 10.0 Å². The molecule has 3 rings (SSSR count). The summed E-state index contributed by atoms with van der Waals surface area (Å²) in [5, 5.41) is 10.4. The third-order valence-electron chi connectivity index (χ3n) is 4.09. The number of hydrogen-bond donors (Lipinski definition) is 1. The number of rotatable bonds is 3. The zero-order valence-electron chi connectivity index (χ0n) is 13.2. The molecule has 0 amide bonds. The number of ketones is 1. The molecule has 1 aliphatic heterocycles. The highest BCUT2D eigenvalue weighted by Crippen LogP contribution is 2.37. The molecule has 25 heavy (non-hydrogen) atoms. The van der Waals surface area contributed by atoms with Gasteiger partial charge in [-0.1, -0.05) is 33.8 Å². The molecule has 0 fully saturated rings. The number of carbonyl (C=O) groups excluding carboxylic acids is 1. The van der Waals surface area contributed by atoms with E-state index in [9.17, 15) is 14.3 Å². The average molecular weight is 470 g/mol. The molecule has 3 nitrogen and oxygen atoms in total. The molecule has 1 heterocycles. The Hall–Kier alpha value is -1.58. The summed E-state index contributed by atoms with van der Waals surface area (Å²) in [4.78, 5) is 12.9. The first-order valence-corrected chi connectivity index (χ1v) is 9.68. The maximum Gasteiger partial charge on any atom is 0.217 e. The third-order valence-corrected chi connectivity index (χ3v) is 5.33. The Balaban J connectivity index is 1.85. The van der Waals surface area contributed by atoms with E-state index >= 15 is 0 Å². The van der Waals surface area contributed by atoms with Gasteiger partial charge < -0.3 is 9.84 Å². The van der Waals surface area contributed by atoms with Gasteiger partial charge in [0.2, 0.25) is 6.17 Å². The maximum absolute atomic E-state index is 13.6. The highest BCUT2D eigenvalue weighted by molar-refractivity contribution is 9.10. The van der Waals surface area contributed by atoms with Crippen molar-refractivity contribution in [1.29, 1.82) is 0 Å². The van der Waals surface area contributed by atoms with Crippen LogP contribution in [0.1, 0.15) is 28.8 Å². The van der Waals surface area contributed by atoms with Crippen LogP contribution in [0.3, 0.4) is 0 Å². The summed E-state index contributed by atoms with van der Waals surface area (Å²) in [6, 6.07) is 3.74. The number of Topliss-reactive ketones (excluding diaryl/α,β-unsaturated/α-hetero) is 1. The first-order valence-electron chi connectivity index (χ1n) is 7.77. The molecule has 2 aliphatic rings. The minimum absolute atomic E-state index is 0.0107. The van der Waals surface area contributed by atoms with Crippen molar-refractivity contribution < 1.29 is 19.0 Å². The third kappa shape index (κ3) is 3.99. The first kappa shape index (κ1) is 18.2. The molecule has 0 radical (unpaired) electrons. The van der Waals surface area contributed by atoms with E-state index in [-0.39, 0.29) is 18.3 Å². The van der Waals surface area contributed by atoms with Gasteiger partial charge in [0.15, 0.2) is 5.78 Å². The van der Waals surface area contributed by atoms with Crippen LogP contribution in [0, 0.1) is 17.8 Å². The van der Waals surface area contributed by atoms with Gasteiger partial charge >= 0.3 is 0 Å². The molecule has 2 atom stereocenters. The lowest BCUT2D eigenvalue weighted by Crippen LogP contribution is -2.28. The standard InChI is InChI=1S/C19H15Br2FO3/c20-9-12-6-14-18(24)13(10-25-19(14)15(21)7-12)5-11-3-1-2-4-16(22)17(23)8-11/h3,6-8,13,16,23H,1,5,9-10H2/b11-3-,17-8+. The van der Waals surface area contributed by atoms with E-state index in [1.54, 1.807) is 0 Å². The quantitative estimate of drug-likeness (QED) is 0.498. The molecule has 0 spiro atoms. The lowest BCUT2D eigenvalue weighted by molar-refractivity contribution is 0.0830. The Morgan fingerprint density at radius 1 is 1.40 bits per heavy atom. The fourth-order valence-electron chi connectivity index (χ4n) is 2.84. The molecule has 0 aromatic heterocycles. The van der Waals surface area contributed by atoms with Crippen LogP contribution >= 0.6 is 31.9 Å². The second-order valence-corrected chi connectivity index (χ2v) is 7.32. The maximum atomic E-state index is 13.6. The van der Waals surface area contributed by atoms with Crippen LogP contribution in [0.15, 0.2) is 40.1 Å². The number of alkyl halides is 2. The van der Waals surface area contributed by atoms with E-state index in [2.05, 4.69) is 43.7 Å². The van der Waals surface area contributed by atoms with E-state index in [4.69, 9.17) is 4.74 Å². The number of benzene rings is 1. The molecule has 0 saturated heterocycles. The van der Waals surface area contributed by atoms with Crippen LogP contribution in [-0.4, -0.2) is 23.7 Å². The van der Waals surface area contributed by atoms with Crippen molar-refractivity contribution in [2.45, 2.75) is 24.3 Å². The number of aliphatic hydroxyl groups is 1. The summed E-state index contributed by atoms with van der Waals surface area (Å²) in [6.07, 6.45) is 2.25. The van der Waals surface area contributed by atoms with Gasteiger partial charge in [-0.15, -0.1) is 0 Å². The van der Waals surface area contributed by atoms with Crippen molar-refractivity contribution in [2.75, 3.05) is 6.61 Å². The predicted octanol–water partition coefficient (Wildman–Crippen LogP) is 5.04. The van der Waals surface area contributed by atoms with Crippen molar-refractivity contribution in [3.8, 4) is 17.6 Å². The first-order chi connectivity index (χ1) is 12.0. The zero-order chi connectivity index (χ0) is 18.0. The molecule has 0 saturated carbocycles. The minimum atomic E-state index is -1.68. The van der Waals surface area contributed by atoms with Crippen molar-refractivity contribution in [3.63, 3.8) is 0 Å². The summed E-state index contributed by atoms with van der Waals surface area (Å²) < 4.78 is 20.1. The Kier molecular flexibility index (Phi) is 5.65. The fraction of sp³-hybridized carbons (Fsp3) is 0.316. The molecule has 130 valence electrons. The zero-order valence-corrected chi connectivity index (χ0v) is 16.4. The number of allylic oxidation sites excluding steroid dienone is 4. The lowest BCUT2D eigenvalue weighted by Gasteiger charge is -2.26. The largest absolute Gasteiger partial charge is 0.508 e. The van der Waals surface area contributed by atoms with Crippen molar-refractivity contribution in [1.82, 2.24) is 0 Å². The molecule has 1 aromatic rings. The summed E-state index contributed by atoms with van der Waals surface area (Å²) in [6.45, 7) is 0.245. The normalized spacial score (nSPS) is 26.6. The fourth-order valence-corrected chi connectivity index (χ4v) is 3.79. The molecular weight excluding hydrogens is 455 g/mol. The van der Waals surface area contributed by atoms with Crippen molar-refractivity contribution in [3.05, 3.63) is 51.2 Å². The van der Waals surface area contributed by atoms with Gasteiger partial charge in [-0.25, -0.2) is 4.39 Å². The predicted molar refractivity (Wildman–Crippen MR) is 101 cm³/mol. The van der Waals surface area contributed by atoms with E-state index < -0.39 is 11.9 Å². The van der Waals surface area contributed by atoms with Gasteiger partial charge in [0.1, 0.15) is 11.5 Å². The van der Waals surface area contributed by atoms with Crippen molar-refractivity contribution >= 4 is 37.6 Å². The van der Waals surface area contributed by atoms with Gasteiger partial charge in [-0.05, 0) is 51.7 Å². The van der Waals surface area contributed by atoms with Crippen LogP contribution in [0.2, 0.25) is 0 Å². The SMILES string of the molecule is O=C1c2cc(CBr)cc(Br)c2OCC1CC1=C/CC#CC(F)/C(O)=C\1. The van der Waals surface area contributed by atoms with Gasteiger partial charge in [-0.3, -0.25) is 4.79 Å². The number of ether oxygens (including phenoxy) is 1. The number of halogens is 3. The lowest BCUT2D eigenvalue weighted by atomic mass is 9.88. The van der Waals surface area contributed by atoms with Crippen LogP contribution in [-0.2, 0) is 5.33 Å². The van der Waals surface area contributed by atoms with Crippen LogP contribution < -0.4 is 4.74 Å². The molecule has 1 N–H and O–H groups in total. The monoisotopic (exact) mass is 468 g/mol. The molecule has 6 heteroatoms. The molecule has 0 bridgehead atoms.